The summed E-state index contributed by atoms with van der Waals surface area (Å²) in [6.45, 7) is 11.5. The van der Waals surface area contributed by atoms with Crippen LogP contribution in [0.15, 0.2) is 77.8 Å². The highest BCUT2D eigenvalue weighted by molar-refractivity contribution is 7.90. The van der Waals surface area contributed by atoms with Crippen molar-refractivity contribution in [1.82, 2.24) is 24.5 Å². The number of aromatic nitrogens is 2. The quantitative estimate of drug-likeness (QED) is 0.0912. The Labute approximate surface area is 430 Å². The van der Waals surface area contributed by atoms with E-state index in [0.717, 1.165) is 82.0 Å². The number of morpholine rings is 2. The van der Waals surface area contributed by atoms with E-state index < -0.39 is 37.5 Å². The number of ether oxygens (including phenoxy) is 5. The van der Waals surface area contributed by atoms with E-state index in [1.165, 1.54) is 17.2 Å². The van der Waals surface area contributed by atoms with Crippen molar-refractivity contribution in [3.05, 3.63) is 99.7 Å². The van der Waals surface area contributed by atoms with Crippen LogP contribution in [0.3, 0.4) is 0 Å². The second-order valence-corrected chi connectivity index (χ2v) is 23.7. The molecule has 1 amide bonds. The van der Waals surface area contributed by atoms with Crippen molar-refractivity contribution in [2.24, 2.45) is 5.41 Å². The lowest BCUT2D eigenvalue weighted by Crippen LogP contribution is -2.58. The molecule has 0 unspecified atom stereocenters. The Morgan fingerprint density at radius 1 is 0.959 bits per heavy atom. The van der Waals surface area contributed by atoms with Gasteiger partial charge in [-0.25, -0.2) is 13.1 Å². The third-order valence-corrected chi connectivity index (χ3v) is 18.6. The van der Waals surface area contributed by atoms with E-state index in [4.69, 9.17) is 28.7 Å². The van der Waals surface area contributed by atoms with Gasteiger partial charge in [-0.15, -0.1) is 0 Å². The molecular weight excluding hydrogens is 967 g/mol. The molecule has 19 nitrogen and oxygen atoms in total. The summed E-state index contributed by atoms with van der Waals surface area (Å²) in [5.41, 5.74) is 5.44. The number of aromatic amines is 1. The largest absolute Gasteiger partial charge is 0.489 e. The summed E-state index contributed by atoms with van der Waals surface area (Å²) < 4.78 is 61.5. The molecule has 74 heavy (non-hydrogen) atoms. The van der Waals surface area contributed by atoms with Gasteiger partial charge in [0.1, 0.15) is 24.0 Å². The van der Waals surface area contributed by atoms with Gasteiger partial charge in [-0.3, -0.25) is 24.7 Å². The van der Waals surface area contributed by atoms with E-state index in [2.05, 4.69) is 72.7 Å². The van der Waals surface area contributed by atoms with Gasteiger partial charge in [0.15, 0.2) is 11.4 Å². The molecule has 2 bridgehead atoms. The Hall–Kier alpha value is -6.03. The maximum absolute atomic E-state index is 14.8. The minimum atomic E-state index is -4.70. The van der Waals surface area contributed by atoms with Gasteiger partial charge in [0.25, 0.3) is 21.6 Å². The molecule has 1 aliphatic carbocycles. The molecule has 0 radical (unpaired) electrons. The second-order valence-electron chi connectivity index (χ2n) is 22.0. The maximum Gasteiger partial charge on any atom is 0.297 e. The summed E-state index contributed by atoms with van der Waals surface area (Å²) in [7, 11) is -4.70. The van der Waals surface area contributed by atoms with Crippen molar-refractivity contribution in [3.8, 4) is 11.6 Å². The van der Waals surface area contributed by atoms with E-state index in [1.54, 1.807) is 6.07 Å². The molecule has 390 valence electrons. The smallest absolute Gasteiger partial charge is 0.297 e. The lowest BCUT2D eigenvalue weighted by atomic mass is 9.59. The van der Waals surface area contributed by atoms with Gasteiger partial charge < -0.3 is 43.8 Å². The second kappa shape index (κ2) is 18.7. The first kappa shape index (κ1) is 47.7. The van der Waals surface area contributed by atoms with Crippen molar-refractivity contribution in [2.75, 3.05) is 87.5 Å². The van der Waals surface area contributed by atoms with E-state index >= 15 is 0 Å². The van der Waals surface area contributed by atoms with Crippen molar-refractivity contribution in [2.45, 2.75) is 106 Å². The topological polar surface area (TPSA) is 206 Å². The lowest BCUT2D eigenvalue weighted by Gasteiger charge is -2.57. The van der Waals surface area contributed by atoms with E-state index in [1.807, 2.05) is 30.5 Å². The fourth-order valence-corrected chi connectivity index (χ4v) is 14.4. The number of carbonyl (C=O) groups excluding carboxylic acids is 1. The van der Waals surface area contributed by atoms with Crippen molar-refractivity contribution >= 4 is 55.4 Å². The molecule has 7 aliphatic heterocycles. The molecule has 1 spiro atoms. The number of nitro benzene ring substituents is 1. The molecule has 3 N–H and O–H groups in total. The molecule has 5 saturated heterocycles. The highest BCUT2D eigenvalue weighted by atomic mass is 32.2. The van der Waals surface area contributed by atoms with Crippen molar-refractivity contribution < 1.29 is 41.8 Å². The monoisotopic (exact) mass is 1030 g/mol. The first-order valence-electron chi connectivity index (χ1n) is 26.3. The third-order valence-electron chi connectivity index (χ3n) is 17.3. The number of H-pyrrole nitrogens is 1. The molecular formula is C54H63N9O10S. The standard InChI is InChI=1S/C54H63N9O10S/c1-32(2)40-5-3-4-6-41(40)47-30-70-18-16-61(47)37-24-54(25-37)11-14-59(15-12-54)35-7-8-42(44(21-35)62-43-10-17-69-31-49(43)73-53-46(62)19-33-9-13-55-51(33)57-53)52(64)58-74(67,68)39-22-45(63(65)66)50-48(23-39)72-28-34(56-50)26-60-27-38-20-36(60)29-71-38/h3-9,13,19,21-23,32,34,36-38,43,47,49,56H,10-12,14-18,20,24-31H2,1-2H3,(H,55,57)(H,58,64)/t34-,36-,38-,43+,47+,49+/m1/s1. The van der Waals surface area contributed by atoms with Gasteiger partial charge in [0, 0.05) is 80.8 Å². The molecule has 2 aromatic heterocycles. The number of piperidine rings is 1. The number of anilines is 4. The molecule has 13 rings (SSSR count). The van der Waals surface area contributed by atoms with E-state index in [0.29, 0.717) is 80.3 Å². The van der Waals surface area contributed by atoms with Crippen molar-refractivity contribution in [1.29, 1.82) is 0 Å². The summed E-state index contributed by atoms with van der Waals surface area (Å²) in [6.07, 6.45) is 7.42. The minimum Gasteiger partial charge on any atom is -0.489 e. The zero-order valence-electron chi connectivity index (χ0n) is 41.7. The van der Waals surface area contributed by atoms with Crippen LogP contribution in [0.4, 0.5) is 28.4 Å². The summed E-state index contributed by atoms with van der Waals surface area (Å²) in [4.78, 5) is 43.9. The van der Waals surface area contributed by atoms with Crippen LogP contribution >= 0.6 is 0 Å². The lowest BCUT2D eigenvalue weighted by molar-refractivity contribution is -0.384. The molecule has 20 heteroatoms. The molecule has 1 saturated carbocycles. The van der Waals surface area contributed by atoms with Crippen LogP contribution in [0, 0.1) is 15.5 Å². The molecule has 9 heterocycles. The number of nitrogens with zero attached hydrogens (tertiary/aromatic N) is 6. The third kappa shape index (κ3) is 8.50. The average Bonchev–Trinajstić information content (AvgIpc) is 4.17. The highest BCUT2D eigenvalue weighted by Gasteiger charge is 2.50. The fraction of sp³-hybridized carbons (Fsp3) is 0.519. The Morgan fingerprint density at radius 3 is 2.59 bits per heavy atom. The van der Waals surface area contributed by atoms with Crippen LogP contribution in [0.2, 0.25) is 0 Å². The number of rotatable bonds is 11. The normalized spacial score (nSPS) is 26.7. The predicted molar refractivity (Wildman–Crippen MR) is 276 cm³/mol. The molecule has 6 atom stereocenters. The number of hydrogen-bond donors (Lipinski definition) is 3. The van der Waals surface area contributed by atoms with Gasteiger partial charge in [-0.1, -0.05) is 38.1 Å². The fourth-order valence-electron chi connectivity index (χ4n) is 13.4. The van der Waals surface area contributed by atoms with Gasteiger partial charge >= 0.3 is 0 Å². The summed E-state index contributed by atoms with van der Waals surface area (Å²) >= 11 is 0. The first-order valence-corrected chi connectivity index (χ1v) is 27.8. The number of carbonyl (C=O) groups is 1. The number of nitrogens with one attached hydrogen (secondary N) is 3. The van der Waals surface area contributed by atoms with Crippen LogP contribution in [-0.2, 0) is 24.2 Å². The number of hydrogen-bond acceptors (Lipinski definition) is 16. The zero-order valence-corrected chi connectivity index (χ0v) is 42.6. The van der Waals surface area contributed by atoms with Gasteiger partial charge in [0.05, 0.1) is 71.7 Å². The zero-order chi connectivity index (χ0) is 50.5. The number of amides is 1. The predicted octanol–water partition coefficient (Wildman–Crippen LogP) is 6.87. The van der Waals surface area contributed by atoms with Gasteiger partial charge in [-0.05, 0) is 91.3 Å². The Morgan fingerprint density at radius 2 is 1.80 bits per heavy atom. The minimum absolute atomic E-state index is 0.0251. The summed E-state index contributed by atoms with van der Waals surface area (Å²) in [5, 5.41) is 16.7. The average molecular weight is 1030 g/mol. The molecule has 6 fully saturated rings. The van der Waals surface area contributed by atoms with Crippen LogP contribution in [0.1, 0.15) is 85.8 Å². The van der Waals surface area contributed by atoms with Crippen LogP contribution < -0.4 is 29.3 Å². The Balaban J connectivity index is 0.784. The van der Waals surface area contributed by atoms with Gasteiger partial charge in [0.2, 0.25) is 5.88 Å². The molecule has 3 aromatic carbocycles. The number of pyridine rings is 1. The number of nitro groups is 1. The Kier molecular flexibility index (Phi) is 12.0. The van der Waals surface area contributed by atoms with Crippen molar-refractivity contribution in [3.63, 3.8) is 0 Å². The summed E-state index contributed by atoms with van der Waals surface area (Å²) in [5.74, 6) is -0.0730. The number of likely N-dealkylation sites (tertiary alicyclic amines) is 1. The van der Waals surface area contributed by atoms with Crippen LogP contribution in [0.25, 0.3) is 11.0 Å². The SMILES string of the molecule is CC(C)c1ccccc1[C@@H]1COCCN1C1CC2(CCN(c3ccc(C(=O)NS(=O)(=O)c4cc5c(c([N+](=O)[O-])c4)N[C@H](CN4C[C@H]6C[C@@H]4CO6)CO5)c(N4c5cc6cc[nH]c6nc5O[C@H]5COCC[C@@H]54)c3)CC2)C1. The van der Waals surface area contributed by atoms with E-state index in [-0.39, 0.29) is 53.3 Å². The highest BCUT2D eigenvalue weighted by Crippen LogP contribution is 2.54. The number of sulfonamides is 1. The maximum atomic E-state index is 14.8. The van der Waals surface area contributed by atoms with Gasteiger partial charge in [-0.2, -0.15) is 4.98 Å². The number of benzene rings is 3. The summed E-state index contributed by atoms with van der Waals surface area (Å²) in [6, 6.07) is 21.0. The number of fused-ring (bicyclic) bond motifs is 6. The molecule has 8 aliphatic rings. The molecule has 5 aromatic rings. The van der Waals surface area contributed by atoms with Crippen LogP contribution in [-0.4, -0.2) is 148 Å². The van der Waals surface area contributed by atoms with Crippen LogP contribution in [0.5, 0.6) is 11.6 Å². The Bertz CT molecular complexity index is 3120. The first-order chi connectivity index (χ1) is 35.9. The van der Waals surface area contributed by atoms with E-state index in [9.17, 15) is 23.3 Å².